The number of halogens is 1. The van der Waals surface area contributed by atoms with E-state index in [9.17, 15) is 9.59 Å². The summed E-state index contributed by atoms with van der Waals surface area (Å²) in [6, 6.07) is 4.75. The first-order valence-electron chi connectivity index (χ1n) is 7.97. The van der Waals surface area contributed by atoms with Gasteiger partial charge in [-0.15, -0.1) is 12.4 Å². The summed E-state index contributed by atoms with van der Waals surface area (Å²) in [4.78, 5) is 25.7. The number of benzene rings is 1. The van der Waals surface area contributed by atoms with E-state index in [0.717, 1.165) is 12.1 Å². The van der Waals surface area contributed by atoms with E-state index in [1.54, 1.807) is 30.2 Å². The monoisotopic (exact) mass is 355 g/mol. The molecular formula is C17H26ClN3O3. The molecule has 2 amide bonds. The molecule has 0 unspecified atom stereocenters. The molecule has 24 heavy (non-hydrogen) atoms. The Bertz CT molecular complexity index is 592. The van der Waals surface area contributed by atoms with Gasteiger partial charge in [-0.1, -0.05) is 13.8 Å². The zero-order valence-corrected chi connectivity index (χ0v) is 15.2. The van der Waals surface area contributed by atoms with E-state index in [1.165, 1.54) is 0 Å². The highest BCUT2D eigenvalue weighted by Gasteiger charge is 2.25. The van der Waals surface area contributed by atoms with Gasteiger partial charge in [0.25, 0.3) is 0 Å². The van der Waals surface area contributed by atoms with E-state index in [-0.39, 0.29) is 24.2 Å². The third-order valence-electron chi connectivity index (χ3n) is 3.87. The fourth-order valence-corrected chi connectivity index (χ4v) is 2.73. The molecule has 1 aliphatic heterocycles. The fraction of sp³-hybridized carbons (Fsp3) is 0.529. The minimum Gasteiger partial charge on any atom is -0.494 e. The van der Waals surface area contributed by atoms with Crippen molar-refractivity contribution in [1.82, 2.24) is 0 Å². The normalized spacial score (nSPS) is 15.2. The maximum absolute atomic E-state index is 12.1. The van der Waals surface area contributed by atoms with Gasteiger partial charge in [0.15, 0.2) is 0 Å². The van der Waals surface area contributed by atoms with Crippen LogP contribution in [0.1, 0.15) is 33.1 Å². The van der Waals surface area contributed by atoms with Crippen LogP contribution in [0.25, 0.3) is 0 Å². The second kappa shape index (κ2) is 8.89. The fourth-order valence-electron chi connectivity index (χ4n) is 2.73. The van der Waals surface area contributed by atoms with Crippen LogP contribution in [-0.4, -0.2) is 31.5 Å². The van der Waals surface area contributed by atoms with Gasteiger partial charge in [-0.25, -0.2) is 0 Å². The molecular weight excluding hydrogens is 330 g/mol. The Kier molecular flexibility index (Phi) is 7.51. The predicted molar refractivity (Wildman–Crippen MR) is 97.9 cm³/mol. The molecule has 1 fully saturated rings. The number of carbonyl (C=O) groups excluding carboxylic acids is 2. The minimum atomic E-state index is -0.541. The maximum Gasteiger partial charge on any atom is 0.241 e. The van der Waals surface area contributed by atoms with E-state index in [2.05, 4.69) is 5.32 Å². The number of methoxy groups -OCH3 is 1. The highest BCUT2D eigenvalue weighted by molar-refractivity contribution is 5.98. The molecule has 1 heterocycles. The second-order valence-electron chi connectivity index (χ2n) is 6.26. The number of hydrogen-bond donors (Lipinski definition) is 2. The Morgan fingerprint density at radius 3 is 2.67 bits per heavy atom. The summed E-state index contributed by atoms with van der Waals surface area (Å²) >= 11 is 0. The van der Waals surface area contributed by atoms with Crippen molar-refractivity contribution >= 4 is 35.6 Å². The van der Waals surface area contributed by atoms with E-state index in [0.29, 0.717) is 36.7 Å². The van der Waals surface area contributed by atoms with Crippen LogP contribution in [0.2, 0.25) is 0 Å². The summed E-state index contributed by atoms with van der Waals surface area (Å²) in [5, 5.41) is 2.80. The molecule has 1 atom stereocenters. The molecule has 134 valence electrons. The molecule has 1 saturated heterocycles. The Morgan fingerprint density at radius 2 is 2.12 bits per heavy atom. The molecule has 1 aliphatic rings. The molecule has 3 N–H and O–H groups in total. The lowest BCUT2D eigenvalue weighted by Gasteiger charge is -2.20. The number of rotatable bonds is 6. The average Bonchev–Trinajstić information content (AvgIpc) is 2.92. The van der Waals surface area contributed by atoms with Crippen LogP contribution in [0.15, 0.2) is 18.2 Å². The summed E-state index contributed by atoms with van der Waals surface area (Å²) in [5.74, 6) is 0.800. The van der Waals surface area contributed by atoms with E-state index >= 15 is 0 Å². The highest BCUT2D eigenvalue weighted by Crippen LogP contribution is 2.33. The number of amides is 2. The van der Waals surface area contributed by atoms with Gasteiger partial charge < -0.3 is 20.7 Å². The van der Waals surface area contributed by atoms with Crippen LogP contribution in [-0.2, 0) is 9.59 Å². The lowest BCUT2D eigenvalue weighted by atomic mass is 10.0. The Labute approximate surface area is 149 Å². The van der Waals surface area contributed by atoms with E-state index < -0.39 is 6.04 Å². The number of ether oxygens (including phenoxy) is 1. The lowest BCUT2D eigenvalue weighted by molar-refractivity contribution is -0.118. The van der Waals surface area contributed by atoms with Crippen molar-refractivity contribution in [2.24, 2.45) is 11.7 Å². The molecule has 0 aliphatic carbocycles. The predicted octanol–water partition coefficient (Wildman–Crippen LogP) is 2.56. The summed E-state index contributed by atoms with van der Waals surface area (Å²) in [7, 11) is 1.55. The molecule has 0 saturated carbocycles. The Balaban J connectivity index is 0.00000288. The molecule has 0 aromatic heterocycles. The summed E-state index contributed by atoms with van der Waals surface area (Å²) in [5.41, 5.74) is 7.24. The van der Waals surface area contributed by atoms with Gasteiger partial charge in [-0.2, -0.15) is 0 Å². The summed E-state index contributed by atoms with van der Waals surface area (Å²) in [6.45, 7) is 4.75. The van der Waals surface area contributed by atoms with Crippen molar-refractivity contribution in [1.29, 1.82) is 0 Å². The third kappa shape index (κ3) is 4.85. The molecule has 2 rings (SSSR count). The van der Waals surface area contributed by atoms with Crippen molar-refractivity contribution in [3.8, 4) is 5.75 Å². The van der Waals surface area contributed by atoms with Gasteiger partial charge in [-0.05, 0) is 30.9 Å². The maximum atomic E-state index is 12.1. The highest BCUT2D eigenvalue weighted by atomic mass is 35.5. The van der Waals surface area contributed by atoms with Gasteiger partial charge in [0, 0.05) is 24.7 Å². The van der Waals surface area contributed by atoms with Gasteiger partial charge in [0.05, 0.1) is 18.8 Å². The van der Waals surface area contributed by atoms with E-state index in [1.807, 2.05) is 13.8 Å². The molecule has 7 heteroatoms. The number of hydrogen-bond acceptors (Lipinski definition) is 4. The molecule has 1 aromatic carbocycles. The largest absolute Gasteiger partial charge is 0.494 e. The smallest absolute Gasteiger partial charge is 0.241 e. The van der Waals surface area contributed by atoms with E-state index in [4.69, 9.17) is 10.5 Å². The molecule has 0 spiro atoms. The van der Waals surface area contributed by atoms with Crippen LogP contribution < -0.4 is 20.7 Å². The quantitative estimate of drug-likeness (QED) is 0.821. The third-order valence-corrected chi connectivity index (χ3v) is 3.87. The van der Waals surface area contributed by atoms with Gasteiger partial charge in [-0.3, -0.25) is 9.59 Å². The lowest BCUT2D eigenvalue weighted by Crippen LogP contribution is -2.36. The van der Waals surface area contributed by atoms with Crippen molar-refractivity contribution in [2.75, 3.05) is 23.9 Å². The zero-order valence-electron chi connectivity index (χ0n) is 14.4. The first-order chi connectivity index (χ1) is 10.9. The summed E-state index contributed by atoms with van der Waals surface area (Å²) in [6.07, 6.45) is 2.04. The number of nitrogens with two attached hydrogens (primary N) is 1. The van der Waals surface area contributed by atoms with Crippen molar-refractivity contribution in [2.45, 2.75) is 39.2 Å². The van der Waals surface area contributed by atoms with Gasteiger partial charge >= 0.3 is 0 Å². The van der Waals surface area contributed by atoms with Gasteiger partial charge in [0.1, 0.15) is 5.75 Å². The Morgan fingerprint density at radius 1 is 1.42 bits per heavy atom. The van der Waals surface area contributed by atoms with Crippen LogP contribution in [0.4, 0.5) is 11.4 Å². The first-order valence-corrected chi connectivity index (χ1v) is 7.97. The minimum absolute atomic E-state index is 0. The number of nitrogens with one attached hydrogen (secondary N) is 1. The number of carbonyl (C=O) groups is 2. The van der Waals surface area contributed by atoms with Crippen LogP contribution in [0.3, 0.4) is 0 Å². The topological polar surface area (TPSA) is 84.7 Å². The van der Waals surface area contributed by atoms with Crippen LogP contribution in [0.5, 0.6) is 5.75 Å². The van der Waals surface area contributed by atoms with Crippen molar-refractivity contribution in [3.05, 3.63) is 18.2 Å². The first kappa shape index (κ1) is 20.3. The van der Waals surface area contributed by atoms with Crippen LogP contribution >= 0.6 is 12.4 Å². The molecule has 0 radical (unpaired) electrons. The number of nitrogens with zero attached hydrogens (tertiary/aromatic N) is 1. The average molecular weight is 356 g/mol. The SMILES string of the molecule is COc1cc(NC(=O)[C@@H](N)CC(C)C)ccc1N1CCCC1=O.Cl. The molecule has 1 aromatic rings. The standard InChI is InChI=1S/C17H25N3O3.ClH/c1-11(2)9-13(18)17(22)19-12-6-7-14(15(10-12)23-3)20-8-4-5-16(20)21;/h6-7,10-11,13H,4-5,8-9,18H2,1-3H3,(H,19,22);1H/t13-;/m0./s1. The number of anilines is 2. The van der Waals surface area contributed by atoms with Gasteiger partial charge in [0.2, 0.25) is 11.8 Å². The molecule has 6 nitrogen and oxygen atoms in total. The second-order valence-corrected chi connectivity index (χ2v) is 6.26. The summed E-state index contributed by atoms with van der Waals surface area (Å²) < 4.78 is 5.38. The van der Waals surface area contributed by atoms with Crippen molar-refractivity contribution in [3.63, 3.8) is 0 Å². The zero-order chi connectivity index (χ0) is 17.0. The Hall–Kier alpha value is -1.79. The van der Waals surface area contributed by atoms with Crippen LogP contribution in [0, 0.1) is 5.92 Å². The van der Waals surface area contributed by atoms with Crippen molar-refractivity contribution < 1.29 is 14.3 Å². The molecule has 0 bridgehead atoms.